The minimum absolute atomic E-state index is 0.288. The lowest BCUT2D eigenvalue weighted by molar-refractivity contribution is 0.0879. The van der Waals surface area contributed by atoms with E-state index in [4.69, 9.17) is 5.73 Å². The Morgan fingerprint density at radius 3 is 2.41 bits per heavy atom. The normalized spacial score (nSPS) is 19.8. The number of aryl methyl sites for hydroxylation is 2. The molecule has 1 aliphatic carbocycles. The lowest BCUT2D eigenvalue weighted by Gasteiger charge is -2.47. The molecule has 2 heteroatoms. The summed E-state index contributed by atoms with van der Waals surface area (Å²) < 4.78 is 0. The minimum Gasteiger partial charge on any atom is -0.330 e. The van der Waals surface area contributed by atoms with Crippen molar-refractivity contribution in [3.63, 3.8) is 0 Å². The molecular weight excluding hydrogens is 208 g/mol. The van der Waals surface area contributed by atoms with Gasteiger partial charge in [0.25, 0.3) is 0 Å². The van der Waals surface area contributed by atoms with Gasteiger partial charge in [0, 0.05) is 11.5 Å². The molecule has 94 valence electrons. The second-order valence-electron chi connectivity index (χ2n) is 5.49. The van der Waals surface area contributed by atoms with Gasteiger partial charge in [0.05, 0.1) is 0 Å². The monoisotopic (exact) mass is 232 g/mol. The lowest BCUT2D eigenvalue weighted by atomic mass is 9.62. The van der Waals surface area contributed by atoms with Crippen LogP contribution in [0.25, 0.3) is 0 Å². The highest BCUT2D eigenvalue weighted by atomic mass is 14.9. The van der Waals surface area contributed by atoms with Gasteiger partial charge in [-0.2, -0.15) is 0 Å². The molecule has 17 heavy (non-hydrogen) atoms. The average Bonchev–Trinajstić information content (AvgIpc) is 2.27. The van der Waals surface area contributed by atoms with Crippen molar-refractivity contribution >= 4 is 0 Å². The average molecular weight is 232 g/mol. The van der Waals surface area contributed by atoms with Gasteiger partial charge in [-0.3, -0.25) is 0 Å². The Morgan fingerprint density at radius 1 is 1.29 bits per heavy atom. The van der Waals surface area contributed by atoms with Crippen molar-refractivity contribution in [2.45, 2.75) is 39.2 Å². The molecule has 0 saturated heterocycles. The van der Waals surface area contributed by atoms with Gasteiger partial charge >= 0.3 is 0 Å². The fourth-order valence-corrected chi connectivity index (χ4v) is 3.01. The van der Waals surface area contributed by atoms with Crippen molar-refractivity contribution in [1.29, 1.82) is 0 Å². The highest BCUT2D eigenvalue weighted by molar-refractivity contribution is 5.33. The van der Waals surface area contributed by atoms with E-state index in [9.17, 15) is 0 Å². The predicted molar refractivity (Wildman–Crippen MR) is 73.1 cm³/mol. The van der Waals surface area contributed by atoms with Crippen molar-refractivity contribution in [3.8, 4) is 0 Å². The number of hydrogen-bond acceptors (Lipinski definition) is 2. The summed E-state index contributed by atoms with van der Waals surface area (Å²) in [5.41, 5.74) is 10.4. The van der Waals surface area contributed by atoms with E-state index in [2.05, 4.69) is 44.4 Å². The van der Waals surface area contributed by atoms with E-state index in [0.29, 0.717) is 6.04 Å². The topological polar surface area (TPSA) is 38.0 Å². The second kappa shape index (κ2) is 4.79. The van der Waals surface area contributed by atoms with Crippen LogP contribution in [0.3, 0.4) is 0 Å². The van der Waals surface area contributed by atoms with Gasteiger partial charge in [-0.05, 0) is 57.0 Å². The number of rotatable bonds is 4. The Hall–Kier alpha value is -0.860. The molecule has 0 aromatic heterocycles. The molecule has 0 spiro atoms. The third-order valence-corrected chi connectivity index (χ3v) is 4.52. The molecule has 1 aromatic rings. The van der Waals surface area contributed by atoms with Crippen molar-refractivity contribution in [3.05, 3.63) is 34.9 Å². The Balaban J connectivity index is 2.31. The summed E-state index contributed by atoms with van der Waals surface area (Å²) >= 11 is 0. The van der Waals surface area contributed by atoms with Gasteiger partial charge in [0.2, 0.25) is 0 Å². The second-order valence-corrected chi connectivity index (χ2v) is 5.49. The molecule has 0 amide bonds. The highest BCUT2D eigenvalue weighted by Gasteiger charge is 2.42. The van der Waals surface area contributed by atoms with Crippen LogP contribution in [-0.2, 0) is 0 Å². The van der Waals surface area contributed by atoms with Gasteiger partial charge in [-0.25, -0.2) is 0 Å². The van der Waals surface area contributed by atoms with Gasteiger partial charge in [-0.15, -0.1) is 0 Å². The van der Waals surface area contributed by atoms with Crippen LogP contribution in [0.2, 0.25) is 0 Å². The van der Waals surface area contributed by atoms with E-state index in [1.807, 2.05) is 0 Å². The standard InChI is InChI=1S/C15H24N2/c1-11-5-6-13(9-12(11)2)14(17-3)15(10-16)7-4-8-15/h5-6,9,14,17H,4,7-8,10,16H2,1-3H3. The molecule has 0 bridgehead atoms. The molecule has 1 aromatic carbocycles. The predicted octanol–water partition coefficient (Wildman–Crippen LogP) is 2.69. The third kappa shape index (κ3) is 2.12. The van der Waals surface area contributed by atoms with E-state index in [-0.39, 0.29) is 5.41 Å². The van der Waals surface area contributed by atoms with E-state index in [0.717, 1.165) is 6.54 Å². The molecular formula is C15H24N2. The number of benzene rings is 1. The van der Waals surface area contributed by atoms with E-state index < -0.39 is 0 Å². The van der Waals surface area contributed by atoms with Gasteiger partial charge in [-0.1, -0.05) is 24.6 Å². The minimum atomic E-state index is 0.288. The van der Waals surface area contributed by atoms with Gasteiger partial charge < -0.3 is 11.1 Å². The molecule has 2 rings (SSSR count). The van der Waals surface area contributed by atoms with Gasteiger partial charge in [0.15, 0.2) is 0 Å². The van der Waals surface area contributed by atoms with Crippen molar-refractivity contribution in [2.24, 2.45) is 11.1 Å². The maximum atomic E-state index is 6.01. The molecule has 1 fully saturated rings. The van der Waals surface area contributed by atoms with Crippen LogP contribution >= 0.6 is 0 Å². The van der Waals surface area contributed by atoms with Gasteiger partial charge in [0.1, 0.15) is 0 Å². The van der Waals surface area contributed by atoms with Crippen LogP contribution in [0.4, 0.5) is 0 Å². The summed E-state index contributed by atoms with van der Waals surface area (Å²) in [5, 5.41) is 3.48. The molecule has 0 aliphatic heterocycles. The highest BCUT2D eigenvalue weighted by Crippen LogP contribution is 2.49. The fraction of sp³-hybridized carbons (Fsp3) is 0.600. The Bertz CT molecular complexity index is 388. The molecule has 0 radical (unpaired) electrons. The Kier molecular flexibility index (Phi) is 3.55. The first-order valence-corrected chi connectivity index (χ1v) is 6.57. The van der Waals surface area contributed by atoms with Crippen LogP contribution in [0.5, 0.6) is 0 Å². The van der Waals surface area contributed by atoms with Crippen LogP contribution in [-0.4, -0.2) is 13.6 Å². The third-order valence-electron chi connectivity index (χ3n) is 4.52. The summed E-state index contributed by atoms with van der Waals surface area (Å²) in [6.45, 7) is 5.13. The largest absolute Gasteiger partial charge is 0.330 e. The molecule has 3 N–H and O–H groups in total. The zero-order chi connectivity index (χ0) is 12.5. The van der Waals surface area contributed by atoms with E-state index in [1.165, 1.54) is 36.0 Å². The Morgan fingerprint density at radius 2 is 2.00 bits per heavy atom. The summed E-state index contributed by atoms with van der Waals surface area (Å²) in [4.78, 5) is 0. The van der Waals surface area contributed by atoms with Crippen molar-refractivity contribution in [1.82, 2.24) is 5.32 Å². The first-order chi connectivity index (χ1) is 8.13. The molecule has 1 saturated carbocycles. The number of nitrogens with one attached hydrogen (secondary N) is 1. The summed E-state index contributed by atoms with van der Waals surface area (Å²) in [7, 11) is 2.05. The number of hydrogen-bond donors (Lipinski definition) is 2. The van der Waals surface area contributed by atoms with Crippen LogP contribution in [0.15, 0.2) is 18.2 Å². The molecule has 1 unspecified atom stereocenters. The number of nitrogens with two attached hydrogens (primary N) is 1. The molecule has 1 atom stereocenters. The zero-order valence-corrected chi connectivity index (χ0v) is 11.2. The van der Waals surface area contributed by atoms with E-state index in [1.54, 1.807) is 0 Å². The van der Waals surface area contributed by atoms with E-state index >= 15 is 0 Å². The summed E-state index contributed by atoms with van der Waals surface area (Å²) in [6, 6.07) is 7.18. The fourth-order valence-electron chi connectivity index (χ4n) is 3.01. The first kappa shape index (κ1) is 12.6. The summed E-state index contributed by atoms with van der Waals surface area (Å²) in [6.07, 6.45) is 3.82. The quantitative estimate of drug-likeness (QED) is 0.837. The lowest BCUT2D eigenvalue weighted by Crippen LogP contribution is -2.47. The smallest absolute Gasteiger partial charge is 0.0386 e. The Labute approximate surface area is 105 Å². The zero-order valence-electron chi connectivity index (χ0n) is 11.2. The maximum Gasteiger partial charge on any atom is 0.0386 e. The summed E-state index contributed by atoms with van der Waals surface area (Å²) in [5.74, 6) is 0. The molecule has 2 nitrogen and oxygen atoms in total. The van der Waals surface area contributed by atoms with Crippen LogP contribution < -0.4 is 11.1 Å². The van der Waals surface area contributed by atoms with Crippen molar-refractivity contribution < 1.29 is 0 Å². The first-order valence-electron chi connectivity index (χ1n) is 6.57. The van der Waals surface area contributed by atoms with Crippen LogP contribution in [0, 0.1) is 19.3 Å². The van der Waals surface area contributed by atoms with Crippen LogP contribution in [0.1, 0.15) is 42.0 Å². The molecule has 0 heterocycles. The maximum absolute atomic E-state index is 6.01. The SMILES string of the molecule is CNC(c1ccc(C)c(C)c1)C1(CN)CCC1. The van der Waals surface area contributed by atoms with Crippen molar-refractivity contribution in [2.75, 3.05) is 13.6 Å². The molecule has 1 aliphatic rings.